The Balaban J connectivity index is 1.53. The molecule has 6 heteroatoms. The molecule has 1 aromatic heterocycles. The summed E-state index contributed by atoms with van der Waals surface area (Å²) in [7, 11) is 0. The van der Waals surface area contributed by atoms with Crippen molar-refractivity contribution in [1.29, 1.82) is 0 Å². The van der Waals surface area contributed by atoms with Crippen molar-refractivity contribution in [2.75, 3.05) is 13.1 Å². The van der Waals surface area contributed by atoms with Gasteiger partial charge in [-0.1, -0.05) is 61.7 Å². The highest BCUT2D eigenvalue weighted by molar-refractivity contribution is 5.57. The van der Waals surface area contributed by atoms with E-state index in [1.807, 2.05) is 12.3 Å². The summed E-state index contributed by atoms with van der Waals surface area (Å²) in [4.78, 5) is 2.49. The van der Waals surface area contributed by atoms with Gasteiger partial charge in [-0.3, -0.25) is 4.90 Å². The molecule has 1 saturated heterocycles. The van der Waals surface area contributed by atoms with Crippen molar-refractivity contribution in [3.63, 3.8) is 0 Å². The van der Waals surface area contributed by atoms with Crippen LogP contribution in [0.5, 0.6) is 0 Å². The second-order valence-corrected chi connectivity index (χ2v) is 8.44. The molecule has 0 spiro atoms. The molecule has 4 rings (SSSR count). The molecule has 0 amide bonds. The highest BCUT2D eigenvalue weighted by atomic mass is 19.1. The molecular weight excluding hydrogens is 391 g/mol. The van der Waals surface area contributed by atoms with Gasteiger partial charge in [0.25, 0.3) is 0 Å². The van der Waals surface area contributed by atoms with Crippen molar-refractivity contribution in [3.05, 3.63) is 72.2 Å². The summed E-state index contributed by atoms with van der Waals surface area (Å²) in [5.41, 5.74) is 2.75. The van der Waals surface area contributed by atoms with Gasteiger partial charge in [-0.15, -0.1) is 5.10 Å². The van der Waals surface area contributed by atoms with Gasteiger partial charge in [-0.25, -0.2) is 9.07 Å². The van der Waals surface area contributed by atoms with Crippen molar-refractivity contribution in [2.24, 2.45) is 0 Å². The third-order valence-corrected chi connectivity index (χ3v) is 6.24. The van der Waals surface area contributed by atoms with Gasteiger partial charge < -0.3 is 5.11 Å². The minimum absolute atomic E-state index is 0.159. The second-order valence-electron chi connectivity index (χ2n) is 8.44. The predicted octanol–water partition coefficient (Wildman–Crippen LogP) is 5.01. The Morgan fingerprint density at radius 1 is 1.03 bits per heavy atom. The molecule has 164 valence electrons. The van der Waals surface area contributed by atoms with Crippen LogP contribution in [0.15, 0.2) is 60.8 Å². The molecule has 0 bridgehead atoms. The van der Waals surface area contributed by atoms with E-state index in [-0.39, 0.29) is 17.9 Å². The lowest BCUT2D eigenvalue weighted by Gasteiger charge is -2.42. The summed E-state index contributed by atoms with van der Waals surface area (Å²) in [6, 6.07) is 16.8. The van der Waals surface area contributed by atoms with Gasteiger partial charge in [0.15, 0.2) is 0 Å². The van der Waals surface area contributed by atoms with E-state index in [9.17, 15) is 9.50 Å². The lowest BCUT2D eigenvalue weighted by Crippen LogP contribution is -2.46. The van der Waals surface area contributed by atoms with Crippen molar-refractivity contribution < 1.29 is 9.50 Å². The van der Waals surface area contributed by atoms with E-state index >= 15 is 0 Å². The van der Waals surface area contributed by atoms with Crippen molar-refractivity contribution in [1.82, 2.24) is 19.9 Å². The van der Waals surface area contributed by atoms with E-state index in [1.54, 1.807) is 16.8 Å². The maximum absolute atomic E-state index is 13.2. The lowest BCUT2D eigenvalue weighted by atomic mass is 9.90. The summed E-state index contributed by atoms with van der Waals surface area (Å²) < 4.78 is 15.0. The first-order valence-corrected chi connectivity index (χ1v) is 11.3. The number of benzene rings is 2. The van der Waals surface area contributed by atoms with Gasteiger partial charge >= 0.3 is 0 Å². The highest BCUT2D eigenvalue weighted by Crippen LogP contribution is 2.36. The Hall–Kier alpha value is -2.57. The molecule has 2 heterocycles. The molecule has 0 aliphatic carbocycles. The third kappa shape index (κ3) is 5.20. The molecule has 1 N–H and O–H groups in total. The van der Waals surface area contributed by atoms with Crippen LogP contribution in [0.1, 0.15) is 56.7 Å². The number of halogens is 1. The van der Waals surface area contributed by atoms with Crippen LogP contribution in [0.25, 0.3) is 11.3 Å². The number of rotatable bonds is 8. The zero-order valence-corrected chi connectivity index (χ0v) is 18.1. The normalized spacial score (nSPS) is 22.0. The number of hydrogen-bond donors (Lipinski definition) is 1. The van der Waals surface area contributed by atoms with E-state index in [2.05, 4.69) is 46.4 Å². The van der Waals surface area contributed by atoms with E-state index in [0.717, 1.165) is 25.1 Å². The molecule has 0 unspecified atom stereocenters. The van der Waals surface area contributed by atoms with Crippen LogP contribution in [0.2, 0.25) is 0 Å². The number of unbranched alkanes of at least 4 members (excludes halogenated alkanes) is 3. The maximum atomic E-state index is 13.2. The van der Waals surface area contributed by atoms with Gasteiger partial charge in [-0.05, 0) is 49.2 Å². The fraction of sp³-hybridized carbons (Fsp3) is 0.440. The highest BCUT2D eigenvalue weighted by Gasteiger charge is 2.36. The number of piperidine rings is 1. The minimum Gasteiger partial charge on any atom is -0.391 e. The number of hydrogen-bond acceptors (Lipinski definition) is 4. The Morgan fingerprint density at radius 2 is 1.81 bits per heavy atom. The summed E-state index contributed by atoms with van der Waals surface area (Å²) in [6.07, 6.45) is 6.85. The van der Waals surface area contributed by atoms with Gasteiger partial charge in [0.1, 0.15) is 11.5 Å². The number of aliphatic hydroxyl groups excluding tert-OH is 1. The van der Waals surface area contributed by atoms with Crippen LogP contribution in [-0.4, -0.2) is 44.2 Å². The average Bonchev–Trinajstić information content (AvgIpc) is 3.28. The lowest BCUT2D eigenvalue weighted by molar-refractivity contribution is -0.00774. The summed E-state index contributed by atoms with van der Waals surface area (Å²) in [5, 5.41) is 19.6. The van der Waals surface area contributed by atoms with E-state index in [1.165, 1.54) is 37.0 Å². The Labute approximate surface area is 183 Å². The Morgan fingerprint density at radius 3 is 2.55 bits per heavy atom. The molecule has 1 fully saturated rings. The van der Waals surface area contributed by atoms with Crippen LogP contribution in [0.3, 0.4) is 0 Å². The zero-order chi connectivity index (χ0) is 21.6. The van der Waals surface area contributed by atoms with Crippen LogP contribution in [0.4, 0.5) is 4.39 Å². The number of aromatic nitrogens is 3. The van der Waals surface area contributed by atoms with Gasteiger partial charge in [0.05, 0.1) is 18.3 Å². The third-order valence-electron chi connectivity index (χ3n) is 6.24. The molecule has 2 aromatic carbocycles. The van der Waals surface area contributed by atoms with Gasteiger partial charge in [0, 0.05) is 18.2 Å². The van der Waals surface area contributed by atoms with E-state index < -0.39 is 6.10 Å². The van der Waals surface area contributed by atoms with Crippen LogP contribution < -0.4 is 0 Å². The predicted molar refractivity (Wildman–Crippen MR) is 120 cm³/mol. The standard InChI is InChI=1S/C25H31FN4O/c1-2-3-4-8-15-29-18-24(25(31)16-23(29)20-9-6-5-7-10-20)30-17-22(27-28-30)19-11-13-21(26)14-12-19/h5-7,9-14,17,23-25,31H,2-4,8,15-16,18H2,1H3/t23-,24-,25-/m0/s1. The van der Waals surface area contributed by atoms with Gasteiger partial charge in [0.2, 0.25) is 0 Å². The van der Waals surface area contributed by atoms with Crippen LogP contribution in [0, 0.1) is 5.82 Å². The minimum atomic E-state index is -0.514. The smallest absolute Gasteiger partial charge is 0.123 e. The quantitative estimate of drug-likeness (QED) is 0.518. The summed E-state index contributed by atoms with van der Waals surface area (Å²) >= 11 is 0. The molecule has 31 heavy (non-hydrogen) atoms. The van der Waals surface area contributed by atoms with E-state index in [4.69, 9.17) is 0 Å². The first kappa shape index (κ1) is 21.7. The zero-order valence-electron chi connectivity index (χ0n) is 18.1. The topological polar surface area (TPSA) is 54.2 Å². The molecular formula is C25H31FN4O. The fourth-order valence-electron chi connectivity index (χ4n) is 4.49. The molecule has 5 nitrogen and oxygen atoms in total. The Bertz CT molecular complexity index is 944. The van der Waals surface area contributed by atoms with Crippen LogP contribution in [-0.2, 0) is 0 Å². The fourth-order valence-corrected chi connectivity index (χ4v) is 4.49. The van der Waals surface area contributed by atoms with Crippen molar-refractivity contribution in [2.45, 2.75) is 57.2 Å². The first-order chi connectivity index (χ1) is 15.2. The average molecular weight is 423 g/mol. The molecule has 3 atom stereocenters. The Kier molecular flexibility index (Phi) is 7.10. The molecule has 1 aliphatic heterocycles. The van der Waals surface area contributed by atoms with E-state index in [0.29, 0.717) is 12.1 Å². The molecule has 0 radical (unpaired) electrons. The largest absolute Gasteiger partial charge is 0.391 e. The maximum Gasteiger partial charge on any atom is 0.123 e. The molecule has 3 aromatic rings. The SMILES string of the molecule is CCCCCCN1C[C@H](n2cc(-c3ccc(F)cc3)nn2)[C@@H](O)C[C@H]1c1ccccc1. The molecule has 0 saturated carbocycles. The monoisotopic (exact) mass is 422 g/mol. The second kappa shape index (κ2) is 10.2. The number of likely N-dealkylation sites (tertiary alicyclic amines) is 1. The number of aliphatic hydroxyl groups is 1. The van der Waals surface area contributed by atoms with Crippen LogP contribution >= 0.6 is 0 Å². The van der Waals surface area contributed by atoms with Crippen molar-refractivity contribution >= 4 is 0 Å². The molecule has 1 aliphatic rings. The summed E-state index contributed by atoms with van der Waals surface area (Å²) in [6.45, 7) is 3.95. The van der Waals surface area contributed by atoms with Crippen molar-refractivity contribution in [3.8, 4) is 11.3 Å². The summed E-state index contributed by atoms with van der Waals surface area (Å²) in [5.74, 6) is -0.274. The number of nitrogens with zero attached hydrogens (tertiary/aromatic N) is 4. The first-order valence-electron chi connectivity index (χ1n) is 11.3. The van der Waals surface area contributed by atoms with Gasteiger partial charge in [-0.2, -0.15) is 0 Å².